The zero-order chi connectivity index (χ0) is 27.6. The molecule has 2 bridgehead atoms. The van der Waals surface area contributed by atoms with Gasteiger partial charge in [0.2, 0.25) is 0 Å². The van der Waals surface area contributed by atoms with Crippen molar-refractivity contribution in [1.82, 2.24) is 19.9 Å². The minimum absolute atomic E-state index is 0.0158. The number of aromatic nitrogens is 3. The third-order valence-electron chi connectivity index (χ3n) is 7.73. The largest absolute Gasteiger partial charge is 0.389 e. The fraction of sp³-hybridized carbons (Fsp3) is 0.345. The smallest absolute Gasteiger partial charge is 0.254 e. The lowest BCUT2D eigenvalue weighted by Gasteiger charge is -2.24. The first kappa shape index (κ1) is 26.0. The molecule has 3 heterocycles. The molecule has 0 unspecified atom stereocenters. The molecule has 39 heavy (non-hydrogen) atoms. The highest BCUT2D eigenvalue weighted by atomic mass is 79.9. The second-order valence-corrected chi connectivity index (χ2v) is 12.0. The number of halogens is 3. The Kier molecular flexibility index (Phi) is 6.32. The predicted octanol–water partition coefficient (Wildman–Crippen LogP) is 5.28. The Hall–Kier alpha value is -3.21. The minimum atomic E-state index is -1.08. The molecule has 0 saturated carbocycles. The lowest BCUT2D eigenvalue weighted by atomic mass is 9.91. The number of fused-ring (bicyclic) bond motifs is 3. The fourth-order valence-electron chi connectivity index (χ4n) is 6.05. The average Bonchev–Trinajstić information content (AvgIpc) is 3.57. The van der Waals surface area contributed by atoms with Crippen molar-refractivity contribution in [1.29, 1.82) is 0 Å². The van der Waals surface area contributed by atoms with Gasteiger partial charge >= 0.3 is 0 Å². The molecular weight excluding hydrogens is 568 g/mol. The van der Waals surface area contributed by atoms with Crippen LogP contribution in [0.3, 0.4) is 0 Å². The summed E-state index contributed by atoms with van der Waals surface area (Å²) in [5.74, 6) is -1.11. The van der Waals surface area contributed by atoms with Gasteiger partial charge in [-0.15, -0.1) is 5.10 Å². The summed E-state index contributed by atoms with van der Waals surface area (Å²) >= 11 is 3.38. The standard InChI is InChI=1S/C29H28BrF2N5O2/c1-29(2,39)14-36-27-23(34-35-36)13-21(26(32)25(27)30)19-8-6-16(11-20(19)15-4-3-5-17(31)10-15)28(38)37-18-7-9-24(37)22(33)12-18/h3-6,8,10-11,13,18,22,24,39H,7,9,12,14,33H2,1-2H3/t18-,22+,24+/m1/s1. The van der Waals surface area contributed by atoms with E-state index in [9.17, 15) is 14.3 Å². The van der Waals surface area contributed by atoms with Crippen molar-refractivity contribution in [3.8, 4) is 22.3 Å². The van der Waals surface area contributed by atoms with Gasteiger partial charge in [-0.05, 0) is 96.1 Å². The van der Waals surface area contributed by atoms with E-state index in [4.69, 9.17) is 5.73 Å². The Labute approximate surface area is 232 Å². The third-order valence-corrected chi connectivity index (χ3v) is 8.45. The van der Waals surface area contributed by atoms with Crippen LogP contribution >= 0.6 is 15.9 Å². The molecule has 10 heteroatoms. The highest BCUT2D eigenvalue weighted by Crippen LogP contribution is 2.41. The molecule has 3 aromatic carbocycles. The van der Waals surface area contributed by atoms with E-state index in [-0.39, 0.29) is 40.6 Å². The molecule has 0 aliphatic carbocycles. The average molecular weight is 596 g/mol. The molecule has 0 spiro atoms. The van der Waals surface area contributed by atoms with E-state index in [1.165, 1.54) is 16.8 Å². The third kappa shape index (κ3) is 4.54. The van der Waals surface area contributed by atoms with E-state index in [2.05, 4.69) is 26.2 Å². The summed E-state index contributed by atoms with van der Waals surface area (Å²) in [6.07, 6.45) is 2.62. The molecule has 2 aliphatic rings. The topological polar surface area (TPSA) is 97.3 Å². The lowest BCUT2D eigenvalue weighted by molar-refractivity contribution is 0.0584. The molecule has 2 fully saturated rings. The van der Waals surface area contributed by atoms with Crippen LogP contribution in [-0.4, -0.2) is 54.6 Å². The van der Waals surface area contributed by atoms with Gasteiger partial charge in [0.1, 0.15) is 22.7 Å². The van der Waals surface area contributed by atoms with E-state index in [1.54, 1.807) is 50.2 Å². The predicted molar refractivity (Wildman–Crippen MR) is 148 cm³/mol. The Balaban J connectivity index is 1.49. The van der Waals surface area contributed by atoms with Gasteiger partial charge in [0.05, 0.1) is 16.6 Å². The van der Waals surface area contributed by atoms with E-state index < -0.39 is 17.2 Å². The van der Waals surface area contributed by atoms with E-state index in [1.807, 2.05) is 4.90 Å². The van der Waals surface area contributed by atoms with Crippen LogP contribution in [0.2, 0.25) is 0 Å². The summed E-state index contributed by atoms with van der Waals surface area (Å²) in [5, 5.41) is 18.6. The molecule has 1 aromatic heterocycles. The summed E-state index contributed by atoms with van der Waals surface area (Å²) in [6, 6.07) is 12.8. The van der Waals surface area contributed by atoms with Crippen molar-refractivity contribution in [2.45, 2.75) is 63.4 Å². The molecule has 2 aliphatic heterocycles. The van der Waals surface area contributed by atoms with Crippen LogP contribution in [0.4, 0.5) is 8.78 Å². The van der Waals surface area contributed by atoms with Crippen LogP contribution in [0.5, 0.6) is 0 Å². The number of benzene rings is 3. The van der Waals surface area contributed by atoms with Gasteiger partial charge in [-0.1, -0.05) is 23.4 Å². The van der Waals surface area contributed by atoms with E-state index >= 15 is 4.39 Å². The SMILES string of the molecule is CC(C)(O)Cn1nnc2cc(-c3ccc(C(=O)N4[C@@H]5CC[C@H]4[C@@H](N)C5)cc3-c3cccc(F)c3)c(F)c(Br)c21. The fourth-order valence-corrected chi connectivity index (χ4v) is 6.67. The number of rotatable bonds is 5. The maximum absolute atomic E-state index is 16.0. The summed E-state index contributed by atoms with van der Waals surface area (Å²) in [5.41, 5.74) is 8.22. The van der Waals surface area contributed by atoms with Gasteiger partial charge in [0.25, 0.3) is 5.91 Å². The quantitative estimate of drug-likeness (QED) is 0.327. The Morgan fingerprint density at radius 1 is 1.13 bits per heavy atom. The van der Waals surface area contributed by atoms with Crippen LogP contribution in [0.1, 0.15) is 43.5 Å². The number of nitrogens with zero attached hydrogens (tertiary/aromatic N) is 4. The number of amides is 1. The second-order valence-electron chi connectivity index (χ2n) is 11.2. The number of carbonyl (C=O) groups is 1. The second kappa shape index (κ2) is 9.46. The molecule has 3 N–H and O–H groups in total. The monoisotopic (exact) mass is 595 g/mol. The van der Waals surface area contributed by atoms with Crippen LogP contribution < -0.4 is 5.73 Å². The van der Waals surface area contributed by atoms with Crippen LogP contribution in [0, 0.1) is 11.6 Å². The molecule has 6 rings (SSSR count). The number of carbonyl (C=O) groups excluding carboxylic acids is 1. The Morgan fingerprint density at radius 3 is 2.59 bits per heavy atom. The zero-order valence-corrected chi connectivity index (χ0v) is 23.1. The van der Waals surface area contributed by atoms with Crippen molar-refractivity contribution in [3.63, 3.8) is 0 Å². The summed E-state index contributed by atoms with van der Waals surface area (Å²) in [6.45, 7) is 3.39. The van der Waals surface area contributed by atoms with Crippen molar-refractivity contribution in [2.75, 3.05) is 0 Å². The first-order chi connectivity index (χ1) is 18.5. The van der Waals surface area contributed by atoms with Crippen molar-refractivity contribution in [2.24, 2.45) is 5.73 Å². The van der Waals surface area contributed by atoms with Gasteiger partial charge < -0.3 is 15.7 Å². The normalized spacial score (nSPS) is 20.8. The highest BCUT2D eigenvalue weighted by Gasteiger charge is 2.47. The number of aliphatic hydroxyl groups is 1. The zero-order valence-electron chi connectivity index (χ0n) is 21.5. The molecule has 0 radical (unpaired) electrons. The van der Waals surface area contributed by atoms with Crippen LogP contribution in [0.25, 0.3) is 33.3 Å². The Bertz CT molecular complexity index is 1620. The minimum Gasteiger partial charge on any atom is -0.389 e. The summed E-state index contributed by atoms with van der Waals surface area (Å²) < 4.78 is 31.9. The van der Waals surface area contributed by atoms with Crippen molar-refractivity contribution in [3.05, 3.63) is 70.2 Å². The molecular formula is C29H28BrF2N5O2. The number of nitrogens with two attached hydrogens (primary N) is 1. The van der Waals surface area contributed by atoms with Crippen LogP contribution in [0.15, 0.2) is 53.0 Å². The van der Waals surface area contributed by atoms with Gasteiger partial charge in [-0.3, -0.25) is 4.79 Å². The van der Waals surface area contributed by atoms with Gasteiger partial charge in [0.15, 0.2) is 0 Å². The van der Waals surface area contributed by atoms with E-state index in [0.717, 1.165) is 19.3 Å². The molecule has 7 nitrogen and oxygen atoms in total. The van der Waals surface area contributed by atoms with Crippen molar-refractivity contribution < 1.29 is 18.7 Å². The van der Waals surface area contributed by atoms with Gasteiger partial charge in [-0.25, -0.2) is 13.5 Å². The molecule has 3 atom stereocenters. The first-order valence-corrected chi connectivity index (χ1v) is 13.7. The first-order valence-electron chi connectivity index (χ1n) is 12.9. The molecule has 202 valence electrons. The number of hydrogen-bond donors (Lipinski definition) is 2. The molecule has 2 saturated heterocycles. The number of hydrogen-bond acceptors (Lipinski definition) is 5. The molecule has 1 amide bonds. The summed E-state index contributed by atoms with van der Waals surface area (Å²) in [4.78, 5) is 15.5. The van der Waals surface area contributed by atoms with Gasteiger partial charge in [-0.2, -0.15) is 0 Å². The lowest BCUT2D eigenvalue weighted by Crippen LogP contribution is -2.40. The van der Waals surface area contributed by atoms with E-state index in [0.29, 0.717) is 33.3 Å². The van der Waals surface area contributed by atoms with Gasteiger partial charge in [0, 0.05) is 29.3 Å². The van der Waals surface area contributed by atoms with Crippen LogP contribution in [-0.2, 0) is 6.54 Å². The van der Waals surface area contributed by atoms with Crippen molar-refractivity contribution >= 4 is 32.9 Å². The Morgan fingerprint density at radius 2 is 1.92 bits per heavy atom. The summed E-state index contributed by atoms with van der Waals surface area (Å²) in [7, 11) is 0. The molecule has 4 aromatic rings. The maximum Gasteiger partial charge on any atom is 0.254 e. The maximum atomic E-state index is 16.0. The highest BCUT2D eigenvalue weighted by molar-refractivity contribution is 9.10.